The highest BCUT2D eigenvalue weighted by atomic mass is 15.3. The van der Waals surface area contributed by atoms with E-state index in [1.54, 1.807) is 0 Å². The molecule has 0 radical (unpaired) electrons. The van der Waals surface area contributed by atoms with Crippen LogP contribution >= 0.6 is 0 Å². The third-order valence-corrected chi connectivity index (χ3v) is 5.70. The smallest absolute Gasteiger partial charge is 0.0241 e. The van der Waals surface area contributed by atoms with Crippen LogP contribution in [0.25, 0.3) is 0 Å². The van der Waals surface area contributed by atoms with Gasteiger partial charge in [-0.2, -0.15) is 0 Å². The van der Waals surface area contributed by atoms with Gasteiger partial charge < -0.3 is 14.7 Å². The van der Waals surface area contributed by atoms with Crippen LogP contribution in [0.1, 0.15) is 33.6 Å². The number of likely N-dealkylation sites (N-methyl/N-ethyl adjacent to an activating group) is 3. The molecule has 2 fully saturated rings. The zero-order chi connectivity index (χ0) is 15.6. The van der Waals surface area contributed by atoms with Crippen molar-refractivity contribution in [2.75, 3.05) is 53.9 Å². The molecule has 2 saturated heterocycles. The standard InChI is InChI=1S/C17H36N4/c1-14(2)21-12-15(3)20(6)13-17(21)11-16-7-8-18(4)9-10-19(16)5/h14-17H,7-13H2,1-6H3/t15-,16?,17+/m1/s1. The molecule has 0 aliphatic carbocycles. The summed E-state index contributed by atoms with van der Waals surface area (Å²) in [5, 5.41) is 0. The molecule has 0 spiro atoms. The minimum absolute atomic E-state index is 0.657. The average Bonchev–Trinajstić information content (AvgIpc) is 2.57. The second kappa shape index (κ2) is 7.40. The third-order valence-electron chi connectivity index (χ3n) is 5.70. The minimum Gasteiger partial charge on any atom is -0.305 e. The molecule has 4 heteroatoms. The highest BCUT2D eigenvalue weighted by Crippen LogP contribution is 2.23. The molecule has 0 aromatic heterocycles. The van der Waals surface area contributed by atoms with Gasteiger partial charge in [0.25, 0.3) is 0 Å². The van der Waals surface area contributed by atoms with Crippen molar-refractivity contribution in [3.05, 3.63) is 0 Å². The maximum absolute atomic E-state index is 2.74. The van der Waals surface area contributed by atoms with Gasteiger partial charge in [-0.15, -0.1) is 0 Å². The lowest BCUT2D eigenvalue weighted by Crippen LogP contribution is -2.59. The SMILES string of the molecule is CC(C)N1C[C@@H](C)N(C)C[C@@H]1CC1CCN(C)CCN1C. The van der Waals surface area contributed by atoms with Gasteiger partial charge in [0.1, 0.15) is 0 Å². The molecular formula is C17H36N4. The average molecular weight is 297 g/mol. The molecule has 21 heavy (non-hydrogen) atoms. The van der Waals surface area contributed by atoms with E-state index < -0.39 is 0 Å². The number of rotatable bonds is 3. The van der Waals surface area contributed by atoms with E-state index in [0.29, 0.717) is 18.1 Å². The maximum Gasteiger partial charge on any atom is 0.0241 e. The molecule has 0 aromatic rings. The van der Waals surface area contributed by atoms with Crippen LogP contribution in [0, 0.1) is 0 Å². The Morgan fingerprint density at radius 3 is 2.29 bits per heavy atom. The molecule has 124 valence electrons. The molecule has 0 aromatic carbocycles. The van der Waals surface area contributed by atoms with E-state index in [9.17, 15) is 0 Å². The Hall–Kier alpha value is -0.160. The Balaban J connectivity index is 2.01. The molecular weight excluding hydrogens is 260 g/mol. The molecule has 3 atom stereocenters. The summed E-state index contributed by atoms with van der Waals surface area (Å²) in [6.45, 7) is 13.2. The third kappa shape index (κ3) is 4.41. The van der Waals surface area contributed by atoms with Crippen molar-refractivity contribution in [2.24, 2.45) is 0 Å². The van der Waals surface area contributed by atoms with Gasteiger partial charge in [0, 0.05) is 50.3 Å². The van der Waals surface area contributed by atoms with Crippen LogP contribution in [0.4, 0.5) is 0 Å². The summed E-state index contributed by atoms with van der Waals surface area (Å²) in [7, 11) is 6.87. The molecule has 1 unspecified atom stereocenters. The molecule has 0 N–H and O–H groups in total. The molecule has 2 aliphatic rings. The zero-order valence-corrected chi connectivity index (χ0v) is 15.0. The molecule has 2 heterocycles. The van der Waals surface area contributed by atoms with Crippen molar-refractivity contribution in [3.63, 3.8) is 0 Å². The van der Waals surface area contributed by atoms with Gasteiger partial charge in [0.15, 0.2) is 0 Å². The summed E-state index contributed by atoms with van der Waals surface area (Å²) in [6, 6.07) is 2.79. The van der Waals surface area contributed by atoms with E-state index in [-0.39, 0.29) is 0 Å². The van der Waals surface area contributed by atoms with Crippen LogP contribution < -0.4 is 0 Å². The molecule has 0 amide bonds. The first kappa shape index (κ1) is 17.2. The van der Waals surface area contributed by atoms with Crippen molar-refractivity contribution in [3.8, 4) is 0 Å². The number of nitrogens with zero attached hydrogens (tertiary/aromatic N) is 4. The Morgan fingerprint density at radius 1 is 0.905 bits per heavy atom. The van der Waals surface area contributed by atoms with Gasteiger partial charge in [0.05, 0.1) is 0 Å². The first-order valence-corrected chi connectivity index (χ1v) is 8.73. The lowest BCUT2D eigenvalue weighted by Gasteiger charge is -2.47. The van der Waals surface area contributed by atoms with E-state index in [4.69, 9.17) is 0 Å². The largest absolute Gasteiger partial charge is 0.305 e. The monoisotopic (exact) mass is 296 g/mol. The van der Waals surface area contributed by atoms with Crippen LogP contribution in [0.5, 0.6) is 0 Å². The van der Waals surface area contributed by atoms with E-state index in [0.717, 1.165) is 6.04 Å². The van der Waals surface area contributed by atoms with E-state index in [1.807, 2.05) is 0 Å². The Labute approximate surface area is 132 Å². The Morgan fingerprint density at radius 2 is 1.62 bits per heavy atom. The van der Waals surface area contributed by atoms with E-state index >= 15 is 0 Å². The summed E-state index contributed by atoms with van der Waals surface area (Å²) in [5.41, 5.74) is 0. The lowest BCUT2D eigenvalue weighted by molar-refractivity contribution is 0.0145. The van der Waals surface area contributed by atoms with Gasteiger partial charge in [0.2, 0.25) is 0 Å². The Bertz CT molecular complexity index is 320. The molecule has 2 aliphatic heterocycles. The minimum atomic E-state index is 0.657. The van der Waals surface area contributed by atoms with Crippen LogP contribution in [-0.2, 0) is 0 Å². The summed E-state index contributed by atoms with van der Waals surface area (Å²) in [6.07, 6.45) is 2.63. The fraction of sp³-hybridized carbons (Fsp3) is 1.00. The van der Waals surface area contributed by atoms with Crippen LogP contribution in [-0.4, -0.2) is 97.6 Å². The molecule has 0 saturated carbocycles. The predicted molar refractivity (Wildman–Crippen MR) is 90.9 cm³/mol. The highest BCUT2D eigenvalue weighted by molar-refractivity contribution is 4.90. The van der Waals surface area contributed by atoms with Gasteiger partial charge in [-0.05, 0) is 61.3 Å². The van der Waals surface area contributed by atoms with Crippen molar-refractivity contribution in [1.82, 2.24) is 19.6 Å². The second-order valence-corrected chi connectivity index (χ2v) is 7.70. The van der Waals surface area contributed by atoms with Crippen LogP contribution in [0.3, 0.4) is 0 Å². The van der Waals surface area contributed by atoms with Crippen molar-refractivity contribution >= 4 is 0 Å². The fourth-order valence-electron chi connectivity index (χ4n) is 3.88. The number of hydrogen-bond donors (Lipinski definition) is 0. The fourth-order valence-corrected chi connectivity index (χ4v) is 3.88. The topological polar surface area (TPSA) is 13.0 Å². The molecule has 0 bridgehead atoms. The second-order valence-electron chi connectivity index (χ2n) is 7.70. The first-order valence-electron chi connectivity index (χ1n) is 8.73. The summed E-state index contributed by atoms with van der Waals surface area (Å²) in [4.78, 5) is 10.4. The van der Waals surface area contributed by atoms with Crippen molar-refractivity contribution in [2.45, 2.75) is 57.8 Å². The summed E-state index contributed by atoms with van der Waals surface area (Å²) in [5.74, 6) is 0. The van der Waals surface area contributed by atoms with Crippen LogP contribution in [0.2, 0.25) is 0 Å². The Kier molecular flexibility index (Phi) is 6.06. The molecule has 2 rings (SSSR count). The normalized spacial score (nSPS) is 35.3. The number of hydrogen-bond acceptors (Lipinski definition) is 4. The summed E-state index contributed by atoms with van der Waals surface area (Å²) >= 11 is 0. The molecule has 4 nitrogen and oxygen atoms in total. The lowest BCUT2D eigenvalue weighted by atomic mass is 9.96. The first-order chi connectivity index (χ1) is 9.88. The van der Waals surface area contributed by atoms with Crippen molar-refractivity contribution in [1.29, 1.82) is 0 Å². The quantitative estimate of drug-likeness (QED) is 0.781. The highest BCUT2D eigenvalue weighted by Gasteiger charge is 2.33. The van der Waals surface area contributed by atoms with Gasteiger partial charge in [-0.25, -0.2) is 0 Å². The van der Waals surface area contributed by atoms with Crippen LogP contribution in [0.15, 0.2) is 0 Å². The van der Waals surface area contributed by atoms with Gasteiger partial charge in [-0.3, -0.25) is 4.90 Å². The summed E-state index contributed by atoms with van der Waals surface area (Å²) < 4.78 is 0. The van der Waals surface area contributed by atoms with Gasteiger partial charge >= 0.3 is 0 Å². The van der Waals surface area contributed by atoms with E-state index in [1.165, 1.54) is 45.6 Å². The van der Waals surface area contributed by atoms with Gasteiger partial charge in [-0.1, -0.05) is 0 Å². The zero-order valence-electron chi connectivity index (χ0n) is 15.0. The predicted octanol–water partition coefficient (Wildman–Crippen LogP) is 1.43. The maximum atomic E-state index is 2.74. The number of piperazine rings is 1. The van der Waals surface area contributed by atoms with Crippen molar-refractivity contribution < 1.29 is 0 Å². The van der Waals surface area contributed by atoms with E-state index in [2.05, 4.69) is 61.5 Å².